The van der Waals surface area contributed by atoms with Crippen LogP contribution in [0.5, 0.6) is 5.75 Å². The average molecular weight is 394 g/mol. The van der Waals surface area contributed by atoms with Gasteiger partial charge in [0.05, 0.1) is 19.2 Å². The lowest BCUT2D eigenvalue weighted by molar-refractivity contribution is -0.136. The second-order valence-corrected chi connectivity index (χ2v) is 5.88. The van der Waals surface area contributed by atoms with Crippen LogP contribution in [0.15, 0.2) is 40.0 Å². The molecule has 7 nitrogen and oxygen atoms in total. The van der Waals surface area contributed by atoms with Crippen LogP contribution < -0.4 is 10.2 Å². The van der Waals surface area contributed by atoms with Crippen molar-refractivity contribution in [3.8, 4) is 5.75 Å². The molecule has 0 fully saturated rings. The van der Waals surface area contributed by atoms with E-state index in [2.05, 4.69) is 31.4 Å². The lowest BCUT2D eigenvalue weighted by Gasteiger charge is -2.09. The van der Waals surface area contributed by atoms with Crippen molar-refractivity contribution in [3.05, 3.63) is 51.8 Å². The van der Waals surface area contributed by atoms with Crippen molar-refractivity contribution >= 4 is 33.5 Å². The minimum atomic E-state index is -0.953. The smallest absolute Gasteiger partial charge is 0.307 e. The molecule has 0 aliphatic rings. The van der Waals surface area contributed by atoms with Gasteiger partial charge in [0.1, 0.15) is 11.4 Å². The van der Waals surface area contributed by atoms with E-state index in [1.54, 1.807) is 37.4 Å². The number of nitrogens with zero attached hydrogens (tertiary/aromatic N) is 1. The number of methoxy groups -OCH3 is 1. The number of rotatable bonds is 6. The molecule has 24 heavy (non-hydrogen) atoms. The Morgan fingerprint density at radius 2 is 2.12 bits per heavy atom. The molecule has 126 valence electrons. The molecular weight excluding hydrogens is 378 g/mol. The topological polar surface area (TPSA) is 104 Å². The number of aliphatic carboxylic acids is 1. The van der Waals surface area contributed by atoms with Gasteiger partial charge in [0.25, 0.3) is 5.91 Å². The largest absolute Gasteiger partial charge is 0.496 e. The van der Waals surface area contributed by atoms with Crippen molar-refractivity contribution in [2.24, 2.45) is 5.10 Å². The number of aromatic amines is 1. The van der Waals surface area contributed by atoms with Gasteiger partial charge in [-0.3, -0.25) is 9.59 Å². The molecule has 0 aliphatic heterocycles. The standard InChI is InChI=1S/C16H16BrN3O4/c1-9(19-20-16(23)13-7-12(17)8-18-13)10-3-4-14(24-2)11(5-10)6-15(21)22/h3-5,7-8,18H,6H2,1-2H3,(H,20,23)(H,21,22)/b19-9-. The second kappa shape index (κ2) is 7.78. The van der Waals surface area contributed by atoms with E-state index in [0.717, 1.165) is 4.47 Å². The number of carbonyl (C=O) groups is 2. The number of H-pyrrole nitrogens is 1. The molecule has 0 unspecified atom stereocenters. The number of benzene rings is 1. The number of aromatic nitrogens is 1. The van der Waals surface area contributed by atoms with Crippen LogP contribution in [0.25, 0.3) is 0 Å². The number of halogens is 1. The van der Waals surface area contributed by atoms with E-state index in [-0.39, 0.29) is 12.3 Å². The summed E-state index contributed by atoms with van der Waals surface area (Å²) in [4.78, 5) is 25.7. The molecule has 8 heteroatoms. The van der Waals surface area contributed by atoms with Crippen LogP contribution in [0, 0.1) is 0 Å². The van der Waals surface area contributed by atoms with Crippen molar-refractivity contribution in [2.45, 2.75) is 13.3 Å². The van der Waals surface area contributed by atoms with Crippen molar-refractivity contribution in [1.82, 2.24) is 10.4 Å². The van der Waals surface area contributed by atoms with Crippen LogP contribution in [-0.4, -0.2) is 34.8 Å². The molecule has 0 bridgehead atoms. The van der Waals surface area contributed by atoms with E-state index in [1.807, 2.05) is 0 Å². The van der Waals surface area contributed by atoms with Crippen molar-refractivity contribution in [2.75, 3.05) is 7.11 Å². The van der Waals surface area contributed by atoms with Crippen molar-refractivity contribution in [1.29, 1.82) is 0 Å². The summed E-state index contributed by atoms with van der Waals surface area (Å²) in [6.07, 6.45) is 1.49. The lowest BCUT2D eigenvalue weighted by atomic mass is 10.0. The van der Waals surface area contributed by atoms with E-state index in [1.165, 1.54) is 7.11 Å². The van der Waals surface area contributed by atoms with Gasteiger partial charge >= 0.3 is 5.97 Å². The fourth-order valence-electron chi connectivity index (χ4n) is 2.06. The molecule has 0 aliphatic carbocycles. The molecule has 2 rings (SSSR count). The van der Waals surface area contributed by atoms with Gasteiger partial charge in [-0.05, 0) is 52.7 Å². The summed E-state index contributed by atoms with van der Waals surface area (Å²) < 4.78 is 5.92. The van der Waals surface area contributed by atoms with Gasteiger partial charge in [0, 0.05) is 16.2 Å². The first kappa shape index (κ1) is 17.7. The highest BCUT2D eigenvalue weighted by atomic mass is 79.9. The zero-order valence-electron chi connectivity index (χ0n) is 13.1. The highest BCUT2D eigenvalue weighted by Crippen LogP contribution is 2.21. The Morgan fingerprint density at radius 1 is 1.38 bits per heavy atom. The van der Waals surface area contributed by atoms with Crippen LogP contribution in [0.4, 0.5) is 0 Å². The highest BCUT2D eigenvalue weighted by Gasteiger charge is 2.11. The Bertz CT molecular complexity index is 798. The van der Waals surface area contributed by atoms with Crippen LogP contribution >= 0.6 is 15.9 Å². The quantitative estimate of drug-likeness (QED) is 0.518. The van der Waals surface area contributed by atoms with E-state index in [4.69, 9.17) is 9.84 Å². The van der Waals surface area contributed by atoms with Gasteiger partial charge in [0.15, 0.2) is 0 Å². The predicted molar refractivity (Wildman–Crippen MR) is 92.5 cm³/mol. The molecular formula is C16H16BrN3O4. The summed E-state index contributed by atoms with van der Waals surface area (Å²) in [7, 11) is 1.48. The number of hydrogen-bond acceptors (Lipinski definition) is 4. The number of amides is 1. The van der Waals surface area contributed by atoms with Gasteiger partial charge in [-0.1, -0.05) is 0 Å². The fourth-order valence-corrected chi connectivity index (χ4v) is 2.41. The zero-order chi connectivity index (χ0) is 17.7. The zero-order valence-corrected chi connectivity index (χ0v) is 14.7. The average Bonchev–Trinajstić information content (AvgIpc) is 2.98. The van der Waals surface area contributed by atoms with Crippen LogP contribution in [0.3, 0.4) is 0 Å². The summed E-state index contributed by atoms with van der Waals surface area (Å²) in [5.74, 6) is -0.834. The molecule has 0 saturated carbocycles. The molecule has 0 radical (unpaired) electrons. The van der Waals surface area contributed by atoms with Gasteiger partial charge in [-0.25, -0.2) is 5.43 Å². The molecule has 0 atom stereocenters. The molecule has 1 aromatic heterocycles. The molecule has 1 heterocycles. The third kappa shape index (κ3) is 4.45. The number of nitrogens with one attached hydrogen (secondary N) is 2. The van der Waals surface area contributed by atoms with Crippen LogP contribution in [0.2, 0.25) is 0 Å². The maximum atomic E-state index is 11.9. The first-order chi connectivity index (χ1) is 11.4. The Labute approximate surface area is 146 Å². The maximum Gasteiger partial charge on any atom is 0.307 e. The lowest BCUT2D eigenvalue weighted by Crippen LogP contribution is -2.19. The molecule has 0 saturated heterocycles. The molecule has 3 N–H and O–H groups in total. The third-order valence-corrected chi connectivity index (χ3v) is 3.72. The normalized spacial score (nSPS) is 11.2. The minimum absolute atomic E-state index is 0.160. The number of carboxylic acids is 1. The summed E-state index contributed by atoms with van der Waals surface area (Å²) in [5.41, 5.74) is 4.60. The summed E-state index contributed by atoms with van der Waals surface area (Å²) >= 11 is 3.25. The van der Waals surface area contributed by atoms with Gasteiger partial charge in [-0.2, -0.15) is 5.10 Å². The minimum Gasteiger partial charge on any atom is -0.496 e. The van der Waals surface area contributed by atoms with E-state index in [0.29, 0.717) is 28.3 Å². The number of carboxylic acid groups (broad SMARTS) is 1. The Balaban J connectivity index is 2.17. The summed E-state index contributed by atoms with van der Waals surface area (Å²) in [6.45, 7) is 1.72. The molecule has 0 spiro atoms. The first-order valence-corrected chi connectivity index (χ1v) is 7.77. The highest BCUT2D eigenvalue weighted by molar-refractivity contribution is 9.10. The van der Waals surface area contributed by atoms with E-state index >= 15 is 0 Å². The molecule has 1 amide bonds. The summed E-state index contributed by atoms with van der Waals surface area (Å²) in [5, 5.41) is 13.0. The van der Waals surface area contributed by atoms with Crippen molar-refractivity contribution in [3.63, 3.8) is 0 Å². The first-order valence-electron chi connectivity index (χ1n) is 6.98. The number of hydrazone groups is 1. The van der Waals surface area contributed by atoms with E-state index < -0.39 is 5.97 Å². The second-order valence-electron chi connectivity index (χ2n) is 4.97. The van der Waals surface area contributed by atoms with Crippen molar-refractivity contribution < 1.29 is 19.4 Å². The number of carbonyl (C=O) groups excluding carboxylic acids is 1. The fraction of sp³-hybridized carbons (Fsp3) is 0.188. The monoisotopic (exact) mass is 393 g/mol. The summed E-state index contributed by atoms with van der Waals surface area (Å²) in [6, 6.07) is 6.75. The SMILES string of the molecule is COc1ccc(/C(C)=N\NC(=O)c2cc(Br)c[nH]2)cc1CC(=O)O. The number of ether oxygens (including phenoxy) is 1. The van der Waals surface area contributed by atoms with Gasteiger partial charge in [-0.15, -0.1) is 0 Å². The predicted octanol–water partition coefficient (Wildman–Crippen LogP) is 2.57. The number of hydrogen-bond donors (Lipinski definition) is 3. The maximum absolute atomic E-state index is 11.9. The van der Waals surface area contributed by atoms with Gasteiger partial charge < -0.3 is 14.8 Å². The van der Waals surface area contributed by atoms with Crippen LogP contribution in [-0.2, 0) is 11.2 Å². The Kier molecular flexibility index (Phi) is 5.75. The molecule has 1 aromatic carbocycles. The molecule has 2 aromatic rings. The van der Waals surface area contributed by atoms with Gasteiger partial charge in [0.2, 0.25) is 0 Å². The Hall–Kier alpha value is -2.61. The van der Waals surface area contributed by atoms with E-state index in [9.17, 15) is 9.59 Å². The van der Waals surface area contributed by atoms with Crippen LogP contribution in [0.1, 0.15) is 28.5 Å². The Morgan fingerprint density at radius 3 is 2.71 bits per heavy atom. The third-order valence-electron chi connectivity index (χ3n) is 3.26.